The van der Waals surface area contributed by atoms with Crippen LogP contribution < -0.4 is 5.43 Å². The first-order valence-electron chi connectivity index (χ1n) is 10.1. The van der Waals surface area contributed by atoms with E-state index in [9.17, 15) is 18.8 Å². The molecule has 8 nitrogen and oxygen atoms in total. The van der Waals surface area contributed by atoms with Crippen molar-refractivity contribution in [2.75, 3.05) is 26.2 Å². The highest BCUT2D eigenvalue weighted by atomic mass is 19.1. The standard InChI is InChI=1S/C21H27FN4O4/c1-14(2)9-25-10-16(30-13-15-5-3-4-6-17(15)22)11-26(12-20(25)28)21(29)18-7-8-19(27)24-23-18/h3-6,14,16H,7-13H2,1-2H3,(H,24,27). The number of rotatable bonds is 6. The summed E-state index contributed by atoms with van der Waals surface area (Å²) in [4.78, 5) is 40.1. The van der Waals surface area contributed by atoms with Crippen molar-refractivity contribution in [1.29, 1.82) is 0 Å². The highest BCUT2D eigenvalue weighted by molar-refractivity contribution is 6.39. The number of halogens is 1. The molecule has 1 aromatic rings. The van der Waals surface area contributed by atoms with E-state index in [1.807, 2.05) is 13.8 Å². The van der Waals surface area contributed by atoms with E-state index in [4.69, 9.17) is 4.74 Å². The van der Waals surface area contributed by atoms with Gasteiger partial charge in [0.2, 0.25) is 11.8 Å². The Morgan fingerprint density at radius 1 is 1.27 bits per heavy atom. The van der Waals surface area contributed by atoms with Crippen LogP contribution in [0.15, 0.2) is 29.4 Å². The molecule has 1 atom stereocenters. The van der Waals surface area contributed by atoms with Crippen molar-refractivity contribution in [3.63, 3.8) is 0 Å². The number of ether oxygens (including phenoxy) is 1. The third-order valence-corrected chi connectivity index (χ3v) is 4.98. The van der Waals surface area contributed by atoms with Gasteiger partial charge < -0.3 is 14.5 Å². The molecule has 3 rings (SSSR count). The fourth-order valence-corrected chi connectivity index (χ4v) is 3.49. The largest absolute Gasteiger partial charge is 0.370 e. The average Bonchev–Trinajstić information content (AvgIpc) is 2.86. The molecule has 3 amide bonds. The molecular formula is C21H27FN4O4. The molecule has 1 fully saturated rings. The Balaban J connectivity index is 1.75. The maximum absolute atomic E-state index is 14.0. The second-order valence-corrected chi connectivity index (χ2v) is 8.00. The number of benzene rings is 1. The van der Waals surface area contributed by atoms with E-state index in [1.165, 1.54) is 11.0 Å². The zero-order chi connectivity index (χ0) is 21.7. The van der Waals surface area contributed by atoms with E-state index in [1.54, 1.807) is 23.1 Å². The van der Waals surface area contributed by atoms with E-state index in [0.29, 0.717) is 18.7 Å². The number of hydrogen-bond donors (Lipinski definition) is 1. The summed E-state index contributed by atoms with van der Waals surface area (Å²) in [5.41, 5.74) is 2.94. The van der Waals surface area contributed by atoms with Crippen LogP contribution in [0.2, 0.25) is 0 Å². The molecule has 162 valence electrons. The predicted octanol–water partition coefficient (Wildman–Crippen LogP) is 1.30. The minimum Gasteiger partial charge on any atom is -0.370 e. The molecule has 0 aromatic heterocycles. The van der Waals surface area contributed by atoms with Crippen molar-refractivity contribution in [3.8, 4) is 0 Å². The number of hydrazone groups is 1. The monoisotopic (exact) mass is 418 g/mol. The summed E-state index contributed by atoms with van der Waals surface area (Å²) in [5.74, 6) is -0.917. The van der Waals surface area contributed by atoms with Crippen LogP contribution in [0.1, 0.15) is 32.3 Å². The zero-order valence-corrected chi connectivity index (χ0v) is 17.3. The Morgan fingerprint density at radius 2 is 2.03 bits per heavy atom. The van der Waals surface area contributed by atoms with Crippen molar-refractivity contribution < 1.29 is 23.5 Å². The van der Waals surface area contributed by atoms with Crippen LogP contribution in [-0.2, 0) is 25.7 Å². The molecule has 1 saturated heterocycles. The fraction of sp³-hybridized carbons (Fsp3) is 0.524. The SMILES string of the molecule is CC(C)CN1CC(OCc2ccccc2F)CN(C(=O)C2=NNC(=O)CC2)CC1=O. The van der Waals surface area contributed by atoms with Gasteiger partial charge >= 0.3 is 0 Å². The number of nitrogens with zero attached hydrogens (tertiary/aromatic N) is 3. The first-order chi connectivity index (χ1) is 14.3. The normalized spacial score (nSPS) is 20.1. The van der Waals surface area contributed by atoms with Gasteiger partial charge in [-0.25, -0.2) is 9.82 Å². The third-order valence-electron chi connectivity index (χ3n) is 4.98. The van der Waals surface area contributed by atoms with Crippen LogP contribution in [0.5, 0.6) is 0 Å². The third kappa shape index (κ3) is 5.63. The first kappa shape index (κ1) is 21.9. The number of carbonyl (C=O) groups excluding carboxylic acids is 3. The van der Waals surface area contributed by atoms with Crippen LogP contribution in [0.3, 0.4) is 0 Å². The Kier molecular flexibility index (Phi) is 7.15. The highest BCUT2D eigenvalue weighted by Gasteiger charge is 2.33. The van der Waals surface area contributed by atoms with Crippen molar-refractivity contribution in [2.24, 2.45) is 11.0 Å². The summed E-state index contributed by atoms with van der Waals surface area (Å²) in [6, 6.07) is 6.35. The van der Waals surface area contributed by atoms with Crippen molar-refractivity contribution in [1.82, 2.24) is 15.2 Å². The predicted molar refractivity (Wildman–Crippen MR) is 108 cm³/mol. The van der Waals surface area contributed by atoms with Gasteiger partial charge in [0.15, 0.2) is 0 Å². The molecule has 1 aromatic carbocycles. The summed E-state index contributed by atoms with van der Waals surface area (Å²) in [5, 5.41) is 3.85. The summed E-state index contributed by atoms with van der Waals surface area (Å²) < 4.78 is 19.9. The van der Waals surface area contributed by atoms with Crippen molar-refractivity contribution in [3.05, 3.63) is 35.6 Å². The topological polar surface area (TPSA) is 91.3 Å². The zero-order valence-electron chi connectivity index (χ0n) is 17.3. The van der Waals surface area contributed by atoms with E-state index in [2.05, 4.69) is 10.5 Å². The lowest BCUT2D eigenvalue weighted by Crippen LogP contribution is -2.45. The second kappa shape index (κ2) is 9.80. The number of carbonyl (C=O) groups is 3. The van der Waals surface area contributed by atoms with E-state index in [0.717, 1.165) is 0 Å². The van der Waals surface area contributed by atoms with Gasteiger partial charge in [-0.3, -0.25) is 14.4 Å². The molecule has 2 aliphatic heterocycles. The van der Waals surface area contributed by atoms with Crippen molar-refractivity contribution in [2.45, 2.75) is 39.4 Å². The summed E-state index contributed by atoms with van der Waals surface area (Å²) in [6.45, 7) is 5.01. The number of amides is 3. The molecule has 0 aliphatic carbocycles. The smallest absolute Gasteiger partial charge is 0.270 e. The summed E-state index contributed by atoms with van der Waals surface area (Å²) >= 11 is 0. The van der Waals surface area contributed by atoms with E-state index >= 15 is 0 Å². The van der Waals surface area contributed by atoms with Crippen molar-refractivity contribution >= 4 is 23.4 Å². The molecular weight excluding hydrogens is 391 g/mol. The molecule has 9 heteroatoms. The second-order valence-electron chi connectivity index (χ2n) is 8.00. The molecule has 30 heavy (non-hydrogen) atoms. The quantitative estimate of drug-likeness (QED) is 0.754. The summed E-state index contributed by atoms with van der Waals surface area (Å²) in [6.07, 6.45) is -0.0669. The average molecular weight is 418 g/mol. The maximum atomic E-state index is 14.0. The minimum atomic E-state index is -0.475. The molecule has 0 bridgehead atoms. The van der Waals surface area contributed by atoms with Gasteiger partial charge in [-0.2, -0.15) is 5.10 Å². The minimum absolute atomic E-state index is 0.0417. The molecule has 1 unspecified atom stereocenters. The summed E-state index contributed by atoms with van der Waals surface area (Å²) in [7, 11) is 0. The van der Waals surface area contributed by atoms with Gasteiger partial charge in [0.1, 0.15) is 18.1 Å². The lowest BCUT2D eigenvalue weighted by Gasteiger charge is -2.26. The van der Waals surface area contributed by atoms with Gasteiger partial charge in [-0.05, 0) is 12.0 Å². The maximum Gasteiger partial charge on any atom is 0.270 e. The van der Waals surface area contributed by atoms with Crippen LogP contribution in [-0.4, -0.2) is 65.5 Å². The lowest BCUT2D eigenvalue weighted by atomic mass is 10.1. The van der Waals surface area contributed by atoms with E-state index in [-0.39, 0.29) is 61.8 Å². The Bertz CT molecular complexity index is 842. The van der Waals surface area contributed by atoms with Gasteiger partial charge in [0.25, 0.3) is 5.91 Å². The fourth-order valence-electron chi connectivity index (χ4n) is 3.49. The molecule has 2 heterocycles. The Labute approximate surface area is 175 Å². The molecule has 0 saturated carbocycles. The molecule has 0 radical (unpaired) electrons. The van der Waals surface area contributed by atoms with E-state index < -0.39 is 12.0 Å². The lowest BCUT2D eigenvalue weighted by molar-refractivity contribution is -0.136. The van der Waals surface area contributed by atoms with Crippen LogP contribution in [0.4, 0.5) is 4.39 Å². The Morgan fingerprint density at radius 3 is 2.70 bits per heavy atom. The van der Waals surface area contributed by atoms with Gasteiger partial charge in [0.05, 0.1) is 12.7 Å². The molecule has 1 N–H and O–H groups in total. The van der Waals surface area contributed by atoms with Gasteiger partial charge in [-0.15, -0.1) is 0 Å². The van der Waals surface area contributed by atoms with Gasteiger partial charge in [-0.1, -0.05) is 32.0 Å². The molecule has 2 aliphatic rings. The highest BCUT2D eigenvalue weighted by Crippen LogP contribution is 2.16. The molecule has 0 spiro atoms. The number of nitrogens with one attached hydrogen (secondary N) is 1. The van der Waals surface area contributed by atoms with Crippen LogP contribution in [0, 0.1) is 11.7 Å². The first-order valence-corrected chi connectivity index (χ1v) is 10.1. The Hall–Kier alpha value is -2.81. The van der Waals surface area contributed by atoms with Gasteiger partial charge in [0, 0.05) is 38.0 Å². The number of hydrogen-bond acceptors (Lipinski definition) is 5. The van der Waals surface area contributed by atoms with Crippen LogP contribution >= 0.6 is 0 Å². The van der Waals surface area contributed by atoms with Crippen LogP contribution in [0.25, 0.3) is 0 Å².